The number of amides is 3. The van der Waals surface area contributed by atoms with Gasteiger partial charge < -0.3 is 14.7 Å². The van der Waals surface area contributed by atoms with E-state index in [1.807, 2.05) is 29.2 Å². The van der Waals surface area contributed by atoms with Crippen LogP contribution in [0.25, 0.3) is 0 Å². The fourth-order valence-corrected chi connectivity index (χ4v) is 3.89. The van der Waals surface area contributed by atoms with Gasteiger partial charge >= 0.3 is 0 Å². The van der Waals surface area contributed by atoms with Crippen LogP contribution in [0.4, 0.5) is 5.69 Å². The molecule has 3 amide bonds. The van der Waals surface area contributed by atoms with Gasteiger partial charge in [0, 0.05) is 51.8 Å². The molecule has 0 N–H and O–H groups in total. The van der Waals surface area contributed by atoms with Crippen molar-refractivity contribution in [1.29, 1.82) is 0 Å². The minimum absolute atomic E-state index is 0.0180. The van der Waals surface area contributed by atoms with Crippen LogP contribution in [0.15, 0.2) is 24.3 Å². The van der Waals surface area contributed by atoms with E-state index in [9.17, 15) is 14.4 Å². The van der Waals surface area contributed by atoms with E-state index in [1.54, 1.807) is 16.7 Å². The number of hydrogen-bond donors (Lipinski definition) is 0. The Labute approximate surface area is 154 Å². The van der Waals surface area contributed by atoms with Gasteiger partial charge in [0.25, 0.3) is 0 Å². The van der Waals surface area contributed by atoms with Gasteiger partial charge in [-0.1, -0.05) is 25.1 Å². The maximum absolute atomic E-state index is 13.0. The zero-order valence-corrected chi connectivity index (χ0v) is 15.6. The van der Waals surface area contributed by atoms with Gasteiger partial charge in [0.1, 0.15) is 0 Å². The molecule has 0 aliphatic carbocycles. The van der Waals surface area contributed by atoms with Crippen molar-refractivity contribution in [2.24, 2.45) is 5.92 Å². The van der Waals surface area contributed by atoms with Crippen molar-refractivity contribution in [2.75, 3.05) is 37.6 Å². The minimum Gasteiger partial charge on any atom is -0.341 e. The zero-order valence-electron chi connectivity index (χ0n) is 15.6. The zero-order chi connectivity index (χ0) is 18.7. The average Bonchev–Trinajstić information content (AvgIpc) is 2.86. The molecule has 1 aromatic rings. The maximum atomic E-state index is 13.0. The summed E-state index contributed by atoms with van der Waals surface area (Å²) in [5.74, 6) is -0.182. The quantitative estimate of drug-likeness (QED) is 0.827. The van der Waals surface area contributed by atoms with E-state index in [1.165, 1.54) is 0 Å². The predicted octanol–water partition coefficient (Wildman–Crippen LogP) is 1.68. The summed E-state index contributed by atoms with van der Waals surface area (Å²) >= 11 is 0. The molecule has 2 aliphatic rings. The predicted molar refractivity (Wildman–Crippen MR) is 99.7 cm³/mol. The highest BCUT2D eigenvalue weighted by Gasteiger charge is 2.38. The fraction of sp³-hybridized carbons (Fsp3) is 0.550. The summed E-state index contributed by atoms with van der Waals surface area (Å²) in [6.45, 7) is 6.55. The largest absolute Gasteiger partial charge is 0.341 e. The Bertz CT molecular complexity index is 703. The molecule has 2 aliphatic heterocycles. The molecule has 3 rings (SSSR count). The molecule has 6 nitrogen and oxygen atoms in total. The average molecular weight is 357 g/mol. The third kappa shape index (κ3) is 3.74. The summed E-state index contributed by atoms with van der Waals surface area (Å²) in [5.41, 5.74) is 2.05. The Hall–Kier alpha value is -2.37. The first-order chi connectivity index (χ1) is 12.5. The van der Waals surface area contributed by atoms with Crippen molar-refractivity contribution < 1.29 is 14.4 Å². The van der Waals surface area contributed by atoms with E-state index >= 15 is 0 Å². The Kier molecular flexibility index (Phi) is 5.59. The van der Waals surface area contributed by atoms with Crippen molar-refractivity contribution in [3.05, 3.63) is 29.8 Å². The van der Waals surface area contributed by atoms with Gasteiger partial charge in [-0.3, -0.25) is 14.4 Å². The van der Waals surface area contributed by atoms with Gasteiger partial charge in [0.15, 0.2) is 0 Å². The first-order valence-corrected chi connectivity index (χ1v) is 9.43. The lowest BCUT2D eigenvalue weighted by Gasteiger charge is -2.25. The monoisotopic (exact) mass is 357 g/mol. The van der Waals surface area contributed by atoms with Crippen LogP contribution in [-0.4, -0.2) is 60.2 Å². The molecule has 1 unspecified atom stereocenters. The van der Waals surface area contributed by atoms with Crippen molar-refractivity contribution in [3.8, 4) is 0 Å². The summed E-state index contributed by atoms with van der Waals surface area (Å²) in [6.07, 6.45) is 1.91. The van der Waals surface area contributed by atoms with E-state index in [2.05, 4.69) is 6.92 Å². The summed E-state index contributed by atoms with van der Waals surface area (Å²) in [5, 5.41) is 0. The van der Waals surface area contributed by atoms with Crippen molar-refractivity contribution >= 4 is 23.4 Å². The van der Waals surface area contributed by atoms with Gasteiger partial charge in [-0.25, -0.2) is 0 Å². The normalized spacial score (nSPS) is 21.1. The molecule has 0 spiro atoms. The summed E-state index contributed by atoms with van der Waals surface area (Å²) in [6, 6.07) is 7.90. The van der Waals surface area contributed by atoms with Crippen molar-refractivity contribution in [3.63, 3.8) is 0 Å². The van der Waals surface area contributed by atoms with Crippen LogP contribution in [0.5, 0.6) is 0 Å². The van der Waals surface area contributed by atoms with Crippen LogP contribution in [-0.2, 0) is 20.8 Å². The van der Waals surface area contributed by atoms with Crippen LogP contribution in [0.2, 0.25) is 0 Å². The molecule has 2 heterocycles. The number of hydrogen-bond acceptors (Lipinski definition) is 3. The standard InChI is InChI=1S/C20H27N3O3/c1-3-16-7-4-5-8-18(16)23-14-17(13-19(23)25)20(26)22-10-6-9-21(11-12-22)15(2)24/h4-5,7-8,17H,3,6,9-14H2,1-2H3. The first-order valence-electron chi connectivity index (χ1n) is 9.43. The number of rotatable bonds is 3. The highest BCUT2D eigenvalue weighted by Crippen LogP contribution is 2.29. The first kappa shape index (κ1) is 18.4. The number of benzene rings is 1. The van der Waals surface area contributed by atoms with Crippen molar-refractivity contribution in [2.45, 2.75) is 33.1 Å². The van der Waals surface area contributed by atoms with Gasteiger partial charge in [-0.15, -0.1) is 0 Å². The Morgan fingerprint density at radius 3 is 2.50 bits per heavy atom. The summed E-state index contributed by atoms with van der Waals surface area (Å²) < 4.78 is 0. The number of anilines is 1. The van der Waals surface area contributed by atoms with E-state index < -0.39 is 0 Å². The number of nitrogens with zero attached hydrogens (tertiary/aromatic N) is 3. The molecule has 140 valence electrons. The summed E-state index contributed by atoms with van der Waals surface area (Å²) in [4.78, 5) is 42.4. The summed E-state index contributed by atoms with van der Waals surface area (Å²) in [7, 11) is 0. The van der Waals surface area contributed by atoms with Crippen LogP contribution < -0.4 is 4.90 Å². The SMILES string of the molecule is CCc1ccccc1N1CC(C(=O)N2CCCN(C(C)=O)CC2)CC1=O. The molecule has 0 aromatic heterocycles. The van der Waals surface area contributed by atoms with Gasteiger partial charge in [0.2, 0.25) is 17.7 Å². The highest BCUT2D eigenvalue weighted by atomic mass is 16.2. The Morgan fingerprint density at radius 1 is 1.08 bits per heavy atom. The number of aryl methyl sites for hydroxylation is 1. The number of carbonyl (C=O) groups is 3. The Balaban J connectivity index is 1.68. The molecule has 0 bridgehead atoms. The molecular weight excluding hydrogens is 330 g/mol. The van der Waals surface area contributed by atoms with Crippen LogP contribution in [0, 0.1) is 5.92 Å². The molecule has 2 fully saturated rings. The van der Waals surface area contributed by atoms with Crippen LogP contribution in [0.3, 0.4) is 0 Å². The molecular formula is C20H27N3O3. The van der Waals surface area contributed by atoms with Crippen molar-refractivity contribution in [1.82, 2.24) is 9.80 Å². The number of para-hydroxylation sites is 1. The second-order valence-electron chi connectivity index (χ2n) is 7.07. The second-order valence-corrected chi connectivity index (χ2v) is 7.07. The molecule has 0 saturated carbocycles. The molecule has 6 heteroatoms. The molecule has 26 heavy (non-hydrogen) atoms. The van der Waals surface area contributed by atoms with E-state index in [0.29, 0.717) is 32.7 Å². The van der Waals surface area contributed by atoms with Gasteiger partial charge in [-0.05, 0) is 24.5 Å². The van der Waals surface area contributed by atoms with E-state index in [-0.39, 0.29) is 30.1 Å². The fourth-order valence-electron chi connectivity index (χ4n) is 3.89. The molecule has 1 atom stereocenters. The third-order valence-electron chi connectivity index (χ3n) is 5.39. The lowest BCUT2D eigenvalue weighted by atomic mass is 10.1. The highest BCUT2D eigenvalue weighted by molar-refractivity contribution is 6.00. The lowest BCUT2D eigenvalue weighted by Crippen LogP contribution is -2.40. The molecule has 1 aromatic carbocycles. The smallest absolute Gasteiger partial charge is 0.228 e. The second kappa shape index (κ2) is 7.89. The van der Waals surface area contributed by atoms with Crippen LogP contribution in [0.1, 0.15) is 32.3 Å². The Morgan fingerprint density at radius 2 is 1.77 bits per heavy atom. The van der Waals surface area contributed by atoms with E-state index in [0.717, 1.165) is 24.1 Å². The minimum atomic E-state index is -0.295. The lowest BCUT2D eigenvalue weighted by molar-refractivity contribution is -0.136. The number of carbonyl (C=O) groups excluding carboxylic acids is 3. The maximum Gasteiger partial charge on any atom is 0.228 e. The van der Waals surface area contributed by atoms with E-state index in [4.69, 9.17) is 0 Å². The molecule has 0 radical (unpaired) electrons. The topological polar surface area (TPSA) is 60.9 Å². The third-order valence-corrected chi connectivity index (χ3v) is 5.39. The van der Waals surface area contributed by atoms with Gasteiger partial charge in [0.05, 0.1) is 5.92 Å². The molecule has 2 saturated heterocycles. The van der Waals surface area contributed by atoms with Crippen LogP contribution >= 0.6 is 0 Å². The van der Waals surface area contributed by atoms with Gasteiger partial charge in [-0.2, -0.15) is 0 Å².